The molecule has 0 spiro atoms. The van der Waals surface area contributed by atoms with Crippen molar-refractivity contribution >= 4 is 29.1 Å². The largest absolute Gasteiger partial charge is 0.416 e. The van der Waals surface area contributed by atoms with Crippen molar-refractivity contribution in [1.82, 2.24) is 5.32 Å². The molecule has 2 N–H and O–H groups in total. The summed E-state index contributed by atoms with van der Waals surface area (Å²) in [7, 11) is 0. The number of carbonyl (C=O) groups is 1. The van der Waals surface area contributed by atoms with Gasteiger partial charge in [-0.25, -0.2) is 0 Å². The van der Waals surface area contributed by atoms with E-state index in [1.165, 1.54) is 18.2 Å². The van der Waals surface area contributed by atoms with E-state index in [0.29, 0.717) is 0 Å². The number of aliphatic hydroxyl groups excluding tert-OH is 1. The first kappa shape index (κ1) is 15.1. The Morgan fingerprint density at radius 2 is 2.00 bits per heavy atom. The molecule has 8 heteroatoms. The van der Waals surface area contributed by atoms with Crippen LogP contribution in [0.15, 0.2) is 18.2 Å². The molecule has 100 valence electrons. The van der Waals surface area contributed by atoms with Crippen LogP contribution < -0.4 is 5.32 Å². The predicted molar refractivity (Wildman–Crippen MR) is 60.9 cm³/mol. The van der Waals surface area contributed by atoms with Gasteiger partial charge in [0.1, 0.15) is 0 Å². The highest BCUT2D eigenvalue weighted by Gasteiger charge is 2.38. The molecule has 0 heterocycles. The monoisotopic (exact) mass is 301 g/mol. The summed E-state index contributed by atoms with van der Waals surface area (Å²) in [4.78, 5) is 11.5. The van der Waals surface area contributed by atoms with E-state index >= 15 is 0 Å². The number of benzene rings is 1. The molecule has 0 aliphatic heterocycles. The molecule has 0 saturated carbocycles. The molecule has 0 fully saturated rings. The van der Waals surface area contributed by atoms with Crippen molar-refractivity contribution in [3.63, 3.8) is 0 Å². The van der Waals surface area contributed by atoms with E-state index in [-0.39, 0.29) is 15.6 Å². The van der Waals surface area contributed by atoms with Crippen LogP contribution in [0.25, 0.3) is 0 Å². The van der Waals surface area contributed by atoms with Crippen molar-refractivity contribution < 1.29 is 23.1 Å². The summed E-state index contributed by atoms with van der Waals surface area (Å²) in [6.45, 7) is -0.953. The molecule has 0 bridgehead atoms. The van der Waals surface area contributed by atoms with Crippen molar-refractivity contribution in [2.24, 2.45) is 0 Å². The number of aliphatic hydroxyl groups is 1. The van der Waals surface area contributed by atoms with Gasteiger partial charge in [-0.2, -0.15) is 13.2 Å². The fourth-order valence-corrected chi connectivity index (χ4v) is 1.47. The maximum atomic E-state index is 12.0. The van der Waals surface area contributed by atoms with Gasteiger partial charge in [0.05, 0.1) is 22.2 Å². The summed E-state index contributed by atoms with van der Waals surface area (Å²) >= 11 is 11.4. The fourth-order valence-electron chi connectivity index (χ4n) is 1.08. The molecule has 1 atom stereocenters. The van der Waals surface area contributed by atoms with Gasteiger partial charge in [0, 0.05) is 0 Å². The minimum atomic E-state index is -4.79. The Morgan fingerprint density at radius 3 is 2.56 bits per heavy atom. The van der Waals surface area contributed by atoms with Crippen LogP contribution in [0, 0.1) is 0 Å². The van der Waals surface area contributed by atoms with Crippen LogP contribution in [0.1, 0.15) is 10.4 Å². The number of amides is 1. The second kappa shape index (κ2) is 5.77. The van der Waals surface area contributed by atoms with Crippen LogP contribution >= 0.6 is 23.2 Å². The summed E-state index contributed by atoms with van der Waals surface area (Å²) in [6, 6.07) is 4.18. The van der Waals surface area contributed by atoms with Gasteiger partial charge < -0.3 is 10.4 Å². The Hall–Kier alpha value is -0.980. The summed E-state index contributed by atoms with van der Waals surface area (Å²) in [5.74, 6) is -0.842. The Kier molecular flexibility index (Phi) is 4.84. The van der Waals surface area contributed by atoms with Crippen molar-refractivity contribution in [1.29, 1.82) is 0 Å². The third kappa shape index (κ3) is 3.76. The topological polar surface area (TPSA) is 49.3 Å². The molecule has 0 radical (unpaired) electrons. The highest BCUT2D eigenvalue weighted by molar-refractivity contribution is 6.43. The quantitative estimate of drug-likeness (QED) is 0.902. The standard InChI is InChI=1S/C10H8Cl2F3NO2/c11-6-3-1-2-5(8(6)12)9(18)16-4-7(17)10(13,14)15/h1-3,7,17H,4H2,(H,16,18). The van der Waals surface area contributed by atoms with Crippen molar-refractivity contribution in [2.75, 3.05) is 6.54 Å². The van der Waals surface area contributed by atoms with Gasteiger partial charge in [-0.15, -0.1) is 0 Å². The molecule has 0 saturated heterocycles. The Morgan fingerprint density at radius 1 is 1.39 bits per heavy atom. The average molecular weight is 302 g/mol. The number of hydrogen-bond donors (Lipinski definition) is 2. The maximum Gasteiger partial charge on any atom is 0.416 e. The summed E-state index contributed by atoms with van der Waals surface area (Å²) in [5.41, 5.74) is -0.0569. The van der Waals surface area contributed by atoms with E-state index in [0.717, 1.165) is 0 Å². The summed E-state index contributed by atoms with van der Waals surface area (Å²) < 4.78 is 36.0. The fraction of sp³-hybridized carbons (Fsp3) is 0.300. The second-order valence-corrected chi connectivity index (χ2v) is 4.15. The highest BCUT2D eigenvalue weighted by atomic mass is 35.5. The number of carbonyl (C=O) groups excluding carboxylic acids is 1. The minimum Gasteiger partial charge on any atom is -0.382 e. The number of alkyl halides is 3. The third-order valence-corrected chi connectivity index (χ3v) is 2.85. The minimum absolute atomic E-state index is 0.0569. The lowest BCUT2D eigenvalue weighted by molar-refractivity contribution is -0.201. The van der Waals surface area contributed by atoms with Gasteiger partial charge in [0.25, 0.3) is 5.91 Å². The first-order valence-electron chi connectivity index (χ1n) is 4.70. The molecule has 1 aromatic carbocycles. The second-order valence-electron chi connectivity index (χ2n) is 3.37. The molecular formula is C10H8Cl2F3NO2. The number of rotatable bonds is 3. The Bertz CT molecular complexity index is 451. The smallest absolute Gasteiger partial charge is 0.382 e. The molecule has 1 aromatic rings. The summed E-state index contributed by atoms with van der Waals surface area (Å²) in [6.07, 6.45) is -7.41. The van der Waals surface area contributed by atoms with Crippen LogP contribution in [-0.4, -0.2) is 29.8 Å². The Balaban J connectivity index is 2.70. The Labute approximate surface area is 110 Å². The van der Waals surface area contributed by atoms with Crippen LogP contribution in [0.2, 0.25) is 10.0 Å². The van der Waals surface area contributed by atoms with E-state index < -0.39 is 24.7 Å². The SMILES string of the molecule is O=C(NCC(O)C(F)(F)F)c1cccc(Cl)c1Cl. The molecule has 0 aliphatic carbocycles. The number of hydrogen-bond acceptors (Lipinski definition) is 2. The highest BCUT2D eigenvalue weighted by Crippen LogP contribution is 2.25. The zero-order valence-corrected chi connectivity index (χ0v) is 10.3. The molecule has 1 unspecified atom stereocenters. The van der Waals surface area contributed by atoms with Crippen LogP contribution in [0.5, 0.6) is 0 Å². The molecule has 0 aromatic heterocycles. The first-order chi connectivity index (χ1) is 8.23. The van der Waals surface area contributed by atoms with E-state index in [2.05, 4.69) is 0 Å². The molecule has 1 amide bonds. The van der Waals surface area contributed by atoms with Gasteiger partial charge in [-0.1, -0.05) is 29.3 Å². The molecule has 1 rings (SSSR count). The van der Waals surface area contributed by atoms with E-state index in [4.69, 9.17) is 28.3 Å². The van der Waals surface area contributed by atoms with Crippen LogP contribution in [0.4, 0.5) is 13.2 Å². The average Bonchev–Trinajstić information content (AvgIpc) is 2.27. The van der Waals surface area contributed by atoms with E-state index in [9.17, 15) is 18.0 Å². The lowest BCUT2D eigenvalue weighted by Gasteiger charge is -2.15. The van der Waals surface area contributed by atoms with E-state index in [1.807, 2.05) is 5.32 Å². The lowest BCUT2D eigenvalue weighted by atomic mass is 10.2. The van der Waals surface area contributed by atoms with Crippen LogP contribution in [0.3, 0.4) is 0 Å². The number of halogens is 5. The van der Waals surface area contributed by atoms with Crippen molar-refractivity contribution in [2.45, 2.75) is 12.3 Å². The zero-order chi connectivity index (χ0) is 13.9. The molecule has 3 nitrogen and oxygen atoms in total. The van der Waals surface area contributed by atoms with Gasteiger partial charge >= 0.3 is 6.18 Å². The van der Waals surface area contributed by atoms with Gasteiger partial charge in [-0.05, 0) is 12.1 Å². The maximum absolute atomic E-state index is 12.0. The van der Waals surface area contributed by atoms with Gasteiger partial charge in [-0.3, -0.25) is 4.79 Å². The van der Waals surface area contributed by atoms with Gasteiger partial charge in [0.15, 0.2) is 6.10 Å². The predicted octanol–water partition coefficient (Wildman–Crippen LogP) is 2.65. The molecule has 18 heavy (non-hydrogen) atoms. The lowest BCUT2D eigenvalue weighted by Crippen LogP contribution is -2.40. The van der Waals surface area contributed by atoms with Crippen molar-refractivity contribution in [3.05, 3.63) is 33.8 Å². The van der Waals surface area contributed by atoms with E-state index in [1.54, 1.807) is 0 Å². The van der Waals surface area contributed by atoms with Crippen LogP contribution in [-0.2, 0) is 0 Å². The first-order valence-corrected chi connectivity index (χ1v) is 5.46. The summed E-state index contributed by atoms with van der Waals surface area (Å²) in [5, 5.41) is 10.7. The molecule has 0 aliphatic rings. The third-order valence-electron chi connectivity index (χ3n) is 2.03. The normalized spacial score (nSPS) is 13.2. The van der Waals surface area contributed by atoms with Gasteiger partial charge in [0.2, 0.25) is 0 Å². The van der Waals surface area contributed by atoms with Crippen molar-refractivity contribution in [3.8, 4) is 0 Å². The molecular weight excluding hydrogens is 294 g/mol. The number of nitrogens with one attached hydrogen (secondary N) is 1. The zero-order valence-electron chi connectivity index (χ0n) is 8.76.